The molecule has 3 nitrogen and oxygen atoms in total. The number of aryl methyl sites for hydroxylation is 2. The summed E-state index contributed by atoms with van der Waals surface area (Å²) in [5.74, 6) is 0.811. The summed E-state index contributed by atoms with van der Waals surface area (Å²) < 4.78 is 11.5. The van der Waals surface area contributed by atoms with Gasteiger partial charge >= 0.3 is 0 Å². The van der Waals surface area contributed by atoms with E-state index in [0.29, 0.717) is 13.2 Å². The summed E-state index contributed by atoms with van der Waals surface area (Å²) >= 11 is 0. The average Bonchev–Trinajstić information content (AvgIpc) is 2.57. The summed E-state index contributed by atoms with van der Waals surface area (Å²) in [7, 11) is -1.35. The first-order valence-corrected chi connectivity index (χ1v) is 9.60. The summed E-state index contributed by atoms with van der Waals surface area (Å²) in [6.45, 7) is 9.17. The molecule has 2 aromatic rings. The molecule has 0 aliphatic carbocycles. The zero-order chi connectivity index (χ0) is 17.5. The molecule has 0 aromatic heterocycles. The van der Waals surface area contributed by atoms with E-state index in [1.165, 1.54) is 0 Å². The van der Waals surface area contributed by atoms with E-state index in [1.54, 1.807) is 0 Å². The fraction of sp³-hybridized carbons (Fsp3) is 0.350. The smallest absolute Gasteiger partial charge is 0.216 e. The number of ether oxygens (including phenoxy) is 1. The van der Waals surface area contributed by atoms with Gasteiger partial charge in [0.2, 0.25) is 5.52 Å². The van der Waals surface area contributed by atoms with Gasteiger partial charge in [-0.1, -0.05) is 25.1 Å². The van der Waals surface area contributed by atoms with Crippen molar-refractivity contribution in [2.45, 2.75) is 34.1 Å². The van der Waals surface area contributed by atoms with Crippen molar-refractivity contribution in [3.63, 3.8) is 0 Å². The van der Waals surface area contributed by atoms with Gasteiger partial charge in [-0.3, -0.25) is 4.79 Å². The van der Waals surface area contributed by atoms with Crippen LogP contribution in [0.2, 0.25) is 0 Å². The predicted molar refractivity (Wildman–Crippen MR) is 106 cm³/mol. The van der Waals surface area contributed by atoms with Gasteiger partial charge in [0.1, 0.15) is 13.9 Å². The molecule has 2 rings (SSSR count). The molecule has 0 saturated heterocycles. The van der Waals surface area contributed by atoms with Crippen LogP contribution in [-0.4, -0.2) is 37.6 Å². The molecule has 0 saturated carbocycles. The van der Waals surface area contributed by atoms with E-state index < -0.39 is 8.15 Å². The molecule has 25 heavy (non-hydrogen) atoms. The molecular weight excluding hydrogens is 326 g/mol. The van der Waals surface area contributed by atoms with Crippen molar-refractivity contribution >= 4 is 37.8 Å². The molecule has 0 aliphatic heterocycles. The largest absolute Gasteiger partial charge is 0.494 e. The van der Waals surface area contributed by atoms with Crippen LogP contribution in [0.4, 0.5) is 0 Å². The molecule has 0 spiro atoms. The SMILES string of the molecule is CCCOP(C(=O)c1c(C)cccc1C)c1ccc(OCC)cc1.[Li]. The standard InChI is InChI=1S/C20H25O3P.Li/c1-5-14-23-24(18-12-10-17(11-13-18)22-6-2)20(21)19-15(3)8-7-9-16(19)4;/h7-13H,5-6,14H2,1-4H3;. The first kappa shape index (κ1) is 21.9. The van der Waals surface area contributed by atoms with E-state index in [2.05, 4.69) is 6.92 Å². The van der Waals surface area contributed by atoms with Gasteiger partial charge in [0.25, 0.3) is 0 Å². The number of rotatable bonds is 8. The first-order chi connectivity index (χ1) is 11.6. The van der Waals surface area contributed by atoms with Crippen LogP contribution in [-0.2, 0) is 4.52 Å². The van der Waals surface area contributed by atoms with Crippen molar-refractivity contribution in [1.29, 1.82) is 0 Å². The van der Waals surface area contributed by atoms with E-state index in [-0.39, 0.29) is 24.4 Å². The predicted octanol–water partition coefficient (Wildman–Crippen LogP) is 4.61. The maximum Gasteiger partial charge on any atom is 0.216 e. The normalized spacial score (nSPS) is 11.5. The van der Waals surface area contributed by atoms with Gasteiger partial charge in [-0.25, -0.2) is 0 Å². The Morgan fingerprint density at radius 3 is 2.12 bits per heavy atom. The Labute approximate surface area is 164 Å². The third-order valence-electron chi connectivity index (χ3n) is 3.69. The van der Waals surface area contributed by atoms with Crippen molar-refractivity contribution in [1.82, 2.24) is 0 Å². The second-order valence-corrected chi connectivity index (χ2v) is 7.40. The molecule has 0 aliphatic rings. The topological polar surface area (TPSA) is 35.5 Å². The molecular formula is C20H25LiO3P. The molecule has 1 atom stereocenters. The van der Waals surface area contributed by atoms with Gasteiger partial charge < -0.3 is 9.26 Å². The Balaban J connectivity index is 0.00000312. The molecule has 0 fully saturated rings. The third-order valence-corrected chi connectivity index (χ3v) is 5.49. The quantitative estimate of drug-likeness (QED) is 0.515. The second-order valence-electron chi connectivity index (χ2n) is 5.63. The van der Waals surface area contributed by atoms with Crippen LogP contribution in [0.3, 0.4) is 0 Å². The van der Waals surface area contributed by atoms with Crippen LogP contribution < -0.4 is 10.0 Å². The van der Waals surface area contributed by atoms with E-state index in [1.807, 2.05) is 63.2 Å². The van der Waals surface area contributed by atoms with E-state index in [4.69, 9.17) is 9.26 Å². The number of benzene rings is 2. The Morgan fingerprint density at radius 1 is 1.00 bits per heavy atom. The molecule has 5 heteroatoms. The summed E-state index contributed by atoms with van der Waals surface area (Å²) in [5.41, 5.74) is 2.86. The van der Waals surface area contributed by atoms with Crippen molar-refractivity contribution in [3.05, 3.63) is 59.2 Å². The van der Waals surface area contributed by atoms with E-state index >= 15 is 0 Å². The number of hydrogen-bond donors (Lipinski definition) is 0. The molecule has 0 amide bonds. The molecule has 129 valence electrons. The Morgan fingerprint density at radius 2 is 1.60 bits per heavy atom. The number of hydrogen-bond acceptors (Lipinski definition) is 3. The molecule has 0 N–H and O–H groups in total. The summed E-state index contributed by atoms with van der Waals surface area (Å²) in [5, 5.41) is 0.926. The molecule has 1 radical (unpaired) electrons. The maximum absolute atomic E-state index is 13.2. The maximum atomic E-state index is 13.2. The first-order valence-electron chi connectivity index (χ1n) is 8.34. The zero-order valence-electron chi connectivity index (χ0n) is 15.8. The van der Waals surface area contributed by atoms with Crippen molar-refractivity contribution in [2.75, 3.05) is 13.2 Å². The van der Waals surface area contributed by atoms with Crippen LogP contribution in [0.15, 0.2) is 42.5 Å². The fourth-order valence-electron chi connectivity index (χ4n) is 2.53. The fourth-order valence-corrected chi connectivity index (χ4v) is 4.37. The number of carbonyl (C=O) groups excluding carboxylic acids is 1. The molecule has 0 heterocycles. The van der Waals surface area contributed by atoms with Crippen LogP contribution in [0.25, 0.3) is 0 Å². The van der Waals surface area contributed by atoms with Gasteiger partial charge in [-0.2, -0.15) is 0 Å². The van der Waals surface area contributed by atoms with Crippen molar-refractivity contribution in [3.8, 4) is 5.75 Å². The van der Waals surface area contributed by atoms with Crippen LogP contribution in [0.5, 0.6) is 5.75 Å². The monoisotopic (exact) mass is 351 g/mol. The van der Waals surface area contributed by atoms with Crippen LogP contribution >= 0.6 is 8.15 Å². The molecule has 0 bridgehead atoms. The van der Waals surface area contributed by atoms with Gasteiger partial charge in [-0.15, -0.1) is 0 Å². The summed E-state index contributed by atoms with van der Waals surface area (Å²) in [6.07, 6.45) is 0.885. The van der Waals surface area contributed by atoms with Crippen molar-refractivity contribution < 1.29 is 14.1 Å². The zero-order valence-corrected chi connectivity index (χ0v) is 16.7. The van der Waals surface area contributed by atoms with Crippen LogP contribution in [0, 0.1) is 13.8 Å². The second kappa shape index (κ2) is 10.8. The Bertz CT molecular complexity index is 666. The van der Waals surface area contributed by atoms with Gasteiger partial charge in [0.05, 0.1) is 13.2 Å². The van der Waals surface area contributed by atoms with E-state index in [0.717, 1.165) is 34.2 Å². The average molecular weight is 351 g/mol. The molecule has 2 aromatic carbocycles. The van der Waals surface area contributed by atoms with Gasteiger partial charge in [0, 0.05) is 29.7 Å². The van der Waals surface area contributed by atoms with Gasteiger partial charge in [0.15, 0.2) is 0 Å². The van der Waals surface area contributed by atoms with Crippen molar-refractivity contribution in [2.24, 2.45) is 0 Å². The number of carbonyl (C=O) groups is 1. The third kappa shape index (κ3) is 5.70. The minimum atomic E-state index is -1.35. The Kier molecular flexibility index (Phi) is 9.47. The van der Waals surface area contributed by atoms with Crippen LogP contribution in [0.1, 0.15) is 41.8 Å². The van der Waals surface area contributed by atoms with Gasteiger partial charge in [-0.05, 0) is 62.6 Å². The Hall–Kier alpha value is -1.10. The minimum Gasteiger partial charge on any atom is -0.494 e. The van der Waals surface area contributed by atoms with E-state index in [9.17, 15) is 4.79 Å². The summed E-state index contributed by atoms with van der Waals surface area (Å²) in [4.78, 5) is 13.2. The minimum absolute atomic E-state index is 0. The summed E-state index contributed by atoms with van der Waals surface area (Å²) in [6, 6.07) is 13.6. The molecule has 1 unspecified atom stereocenters.